The first-order chi connectivity index (χ1) is 27.6. The SMILES string of the molecule is C#C.C=C[C@@H]1C[C@@H]1C(=O)NSc1ccccc1NCCCCCCCCC(=O)O.COC(C)(C)C.NC(=O)C1CCCN1C=O.O=C(O)N1Cc2cccc(F)c2C1. The van der Waals surface area contributed by atoms with E-state index in [4.69, 9.17) is 20.7 Å². The van der Waals surface area contributed by atoms with Crippen LogP contribution in [0.25, 0.3) is 0 Å². The van der Waals surface area contributed by atoms with Crippen molar-refractivity contribution in [2.75, 3.05) is 25.5 Å². The van der Waals surface area contributed by atoms with Gasteiger partial charge < -0.3 is 30.9 Å². The van der Waals surface area contributed by atoms with Crippen LogP contribution in [-0.4, -0.2) is 82.1 Å². The van der Waals surface area contributed by atoms with E-state index in [-0.39, 0.29) is 42.3 Å². The van der Waals surface area contributed by atoms with Crippen molar-refractivity contribution < 1.29 is 43.3 Å². The number of ether oxygens (including phenoxy) is 1. The molecule has 3 aliphatic rings. The number of primary amides is 1. The molecule has 1 unspecified atom stereocenters. The van der Waals surface area contributed by atoms with E-state index in [0.717, 1.165) is 74.1 Å². The van der Waals surface area contributed by atoms with Crippen LogP contribution in [0.2, 0.25) is 0 Å². The number of nitrogens with one attached hydrogen (secondary N) is 2. The van der Waals surface area contributed by atoms with Crippen molar-refractivity contribution >= 4 is 47.9 Å². The van der Waals surface area contributed by atoms with Gasteiger partial charge in [-0.15, -0.1) is 19.4 Å². The third-order valence-corrected chi connectivity index (χ3v) is 10.2. The molecule has 0 bridgehead atoms. The lowest BCUT2D eigenvalue weighted by Gasteiger charge is -2.15. The number of fused-ring (bicyclic) bond motifs is 1. The Balaban J connectivity index is 0.000000446. The molecule has 0 spiro atoms. The number of nitrogens with zero attached hydrogens (tertiary/aromatic N) is 2. The zero-order valence-electron chi connectivity index (χ0n) is 34.3. The summed E-state index contributed by atoms with van der Waals surface area (Å²) in [5, 5.41) is 20.7. The number of halogens is 1. The lowest BCUT2D eigenvalue weighted by Crippen LogP contribution is -2.39. The fourth-order valence-corrected chi connectivity index (χ4v) is 6.49. The van der Waals surface area contributed by atoms with Gasteiger partial charge in [0.1, 0.15) is 11.9 Å². The summed E-state index contributed by atoms with van der Waals surface area (Å²) in [6, 6.07) is 12.4. The zero-order valence-corrected chi connectivity index (χ0v) is 35.1. The number of allylic oxidation sites excluding steroid dienone is 1. The first-order valence-corrected chi connectivity index (χ1v) is 20.2. The minimum Gasteiger partial charge on any atom is -0.481 e. The first kappa shape index (κ1) is 50.9. The van der Waals surface area contributed by atoms with Crippen LogP contribution in [-0.2, 0) is 37.0 Å². The standard InChI is InChI=1S/C21H30N2O3S.C9H8FNO2.C6H10N2O2.C5H12O.C2H2/c1-2-16-15-17(16)21(26)23-27-19-12-9-8-11-18(19)22-14-10-6-4-3-5-7-13-20(24)25;10-8-3-1-2-6-4-11(9(12)13)5-7(6)8;7-6(10)5-2-1-3-8(5)4-9;1-5(2,3)6-4;1-2/h2,8-9,11-12,16-17,22H,1,3-7,10,13-15H2,(H,23,26)(H,24,25);1-3H,4-5H2,(H,12,13);4-5H,1-3H2,(H2,7,10);1-4H3;1-2H/t16-,17+;;;;/m1..../s1. The number of anilines is 1. The maximum Gasteiger partial charge on any atom is 0.407 e. The Morgan fingerprint density at radius 2 is 1.66 bits per heavy atom. The van der Waals surface area contributed by atoms with E-state index in [0.29, 0.717) is 37.4 Å². The van der Waals surface area contributed by atoms with Crippen LogP contribution >= 0.6 is 11.9 Å². The van der Waals surface area contributed by atoms with E-state index in [1.54, 1.807) is 19.2 Å². The Labute approximate surface area is 347 Å². The average Bonchev–Trinajstić information content (AvgIpc) is 3.59. The summed E-state index contributed by atoms with van der Waals surface area (Å²) >= 11 is 1.37. The largest absolute Gasteiger partial charge is 0.481 e. The van der Waals surface area contributed by atoms with Gasteiger partial charge in [0, 0.05) is 50.3 Å². The van der Waals surface area contributed by atoms with Crippen molar-refractivity contribution in [1.29, 1.82) is 0 Å². The summed E-state index contributed by atoms with van der Waals surface area (Å²) in [6.07, 6.45) is 18.5. The molecule has 2 fully saturated rings. The van der Waals surface area contributed by atoms with Gasteiger partial charge in [-0.1, -0.05) is 56.0 Å². The number of rotatable bonds is 16. The molecule has 0 aromatic heterocycles. The van der Waals surface area contributed by atoms with Crippen LogP contribution in [0.4, 0.5) is 14.9 Å². The van der Waals surface area contributed by atoms with E-state index in [1.807, 2.05) is 51.1 Å². The highest BCUT2D eigenvalue weighted by Gasteiger charge is 2.40. The summed E-state index contributed by atoms with van der Waals surface area (Å²) in [5.74, 6) is -0.910. The normalized spacial score (nSPS) is 17.1. The molecule has 320 valence electrons. The maximum atomic E-state index is 13.1. The number of hydrogen-bond acceptors (Lipinski definition) is 8. The van der Waals surface area contributed by atoms with Crippen LogP contribution in [0.15, 0.2) is 60.0 Å². The number of carboxylic acids is 1. The van der Waals surface area contributed by atoms with E-state index in [9.17, 15) is 28.4 Å². The summed E-state index contributed by atoms with van der Waals surface area (Å²) in [4.78, 5) is 57.6. The number of aliphatic carboxylic acids is 1. The monoisotopic (exact) mass is 827 g/mol. The first-order valence-electron chi connectivity index (χ1n) is 19.4. The summed E-state index contributed by atoms with van der Waals surface area (Å²) < 4.78 is 21.0. The van der Waals surface area contributed by atoms with Crippen molar-refractivity contribution in [3.63, 3.8) is 0 Å². The second kappa shape index (κ2) is 27.5. The van der Waals surface area contributed by atoms with Crippen molar-refractivity contribution in [3.05, 3.63) is 72.1 Å². The van der Waals surface area contributed by atoms with Crippen LogP contribution in [0.1, 0.15) is 96.1 Å². The number of likely N-dealkylation sites (tertiary alicyclic amines) is 1. The van der Waals surface area contributed by atoms with E-state index in [2.05, 4.69) is 29.5 Å². The van der Waals surface area contributed by atoms with Crippen LogP contribution in [0, 0.1) is 30.5 Å². The molecular weight excluding hydrogens is 766 g/mol. The van der Waals surface area contributed by atoms with Gasteiger partial charge in [0.2, 0.25) is 18.2 Å². The smallest absolute Gasteiger partial charge is 0.407 e. The molecule has 5 rings (SSSR count). The van der Waals surface area contributed by atoms with Gasteiger partial charge >= 0.3 is 12.1 Å². The molecule has 1 aliphatic carbocycles. The van der Waals surface area contributed by atoms with Crippen molar-refractivity contribution in [3.8, 4) is 12.8 Å². The van der Waals surface area contributed by atoms with Gasteiger partial charge in [0.25, 0.3) is 0 Å². The molecule has 0 radical (unpaired) electrons. The molecular formula is C43H62FN5O8S. The number of carboxylic acid groups (broad SMARTS) is 2. The molecule has 15 heteroatoms. The van der Waals surface area contributed by atoms with Crippen molar-refractivity contribution in [2.45, 2.75) is 115 Å². The molecule has 1 saturated carbocycles. The maximum absolute atomic E-state index is 13.1. The van der Waals surface area contributed by atoms with Gasteiger partial charge in [-0.3, -0.25) is 28.8 Å². The molecule has 3 atom stereocenters. The minimum atomic E-state index is -1.00. The van der Waals surface area contributed by atoms with E-state index >= 15 is 0 Å². The number of para-hydroxylation sites is 1. The molecule has 2 aliphatic heterocycles. The molecule has 2 heterocycles. The molecule has 2 aromatic carbocycles. The minimum absolute atomic E-state index is 0.0417. The van der Waals surface area contributed by atoms with Crippen LogP contribution in [0.3, 0.4) is 0 Å². The molecule has 13 nitrogen and oxygen atoms in total. The fourth-order valence-electron chi connectivity index (χ4n) is 5.73. The Bertz CT molecular complexity index is 1640. The summed E-state index contributed by atoms with van der Waals surface area (Å²) in [5.41, 5.74) is 7.38. The second-order valence-corrected chi connectivity index (χ2v) is 15.6. The zero-order chi connectivity index (χ0) is 43.7. The van der Waals surface area contributed by atoms with Crippen molar-refractivity contribution in [2.24, 2.45) is 17.6 Å². The van der Waals surface area contributed by atoms with E-state index < -0.39 is 18.0 Å². The molecule has 2 aromatic rings. The van der Waals surface area contributed by atoms with Gasteiger partial charge in [0.05, 0.1) is 17.0 Å². The molecule has 4 amide bonds. The topological polar surface area (TPSA) is 192 Å². The Kier molecular flexibility index (Phi) is 24.2. The molecule has 58 heavy (non-hydrogen) atoms. The lowest BCUT2D eigenvalue weighted by molar-refractivity contribution is -0.137. The number of benzene rings is 2. The predicted molar refractivity (Wildman–Crippen MR) is 226 cm³/mol. The van der Waals surface area contributed by atoms with Crippen molar-refractivity contribution in [1.82, 2.24) is 14.5 Å². The van der Waals surface area contributed by atoms with E-state index in [1.165, 1.54) is 27.8 Å². The highest BCUT2D eigenvalue weighted by Crippen LogP contribution is 2.40. The highest BCUT2D eigenvalue weighted by atomic mass is 32.2. The summed E-state index contributed by atoms with van der Waals surface area (Å²) in [6.45, 7) is 11.8. The van der Waals surface area contributed by atoms with Gasteiger partial charge in [-0.05, 0) is 94.5 Å². The quantitative estimate of drug-likeness (QED) is 0.0373. The number of hydrogen-bond donors (Lipinski definition) is 5. The van der Waals surface area contributed by atoms with Gasteiger partial charge in [-0.2, -0.15) is 0 Å². The Morgan fingerprint density at radius 1 is 1.02 bits per heavy atom. The number of nitrogens with two attached hydrogens (primary N) is 1. The number of unbranched alkanes of at least 4 members (excludes halogenated alkanes) is 5. The van der Waals surface area contributed by atoms with Gasteiger partial charge in [-0.25, -0.2) is 9.18 Å². The van der Waals surface area contributed by atoms with Gasteiger partial charge in [0.15, 0.2) is 0 Å². The number of methoxy groups -OCH3 is 1. The third-order valence-electron chi connectivity index (χ3n) is 9.33. The lowest BCUT2D eigenvalue weighted by atomic mass is 10.1. The number of terminal acetylenes is 1. The Hall–Kier alpha value is -5.07. The highest BCUT2D eigenvalue weighted by molar-refractivity contribution is 7.98. The number of carbonyl (C=O) groups is 5. The molecule has 6 N–H and O–H groups in total. The Morgan fingerprint density at radius 3 is 2.19 bits per heavy atom. The third kappa shape index (κ3) is 19.9. The number of carbonyl (C=O) groups excluding carboxylic acids is 3. The van der Waals surface area contributed by atoms with Crippen LogP contribution < -0.4 is 15.8 Å². The average molecular weight is 828 g/mol. The second-order valence-electron chi connectivity index (χ2n) is 14.7. The number of amides is 4. The fraction of sp³-hybridized carbons (Fsp3) is 0.512. The molecule has 1 saturated heterocycles. The predicted octanol–water partition coefficient (Wildman–Crippen LogP) is 7.45. The van der Waals surface area contributed by atoms with Crippen LogP contribution in [0.5, 0.6) is 0 Å². The summed E-state index contributed by atoms with van der Waals surface area (Å²) in [7, 11) is 1.71.